The highest BCUT2D eigenvalue weighted by atomic mass is 32.1. The van der Waals surface area contributed by atoms with Gasteiger partial charge in [0.2, 0.25) is 5.91 Å². The normalized spacial score (nSPS) is 24.1. The molecule has 110 valence electrons. The molecule has 6 heteroatoms. The van der Waals surface area contributed by atoms with Crippen LogP contribution in [0.25, 0.3) is 0 Å². The molecule has 0 aromatic carbocycles. The predicted molar refractivity (Wildman–Crippen MR) is 76.4 cm³/mol. The summed E-state index contributed by atoms with van der Waals surface area (Å²) in [5, 5.41) is 14.9. The van der Waals surface area contributed by atoms with Crippen molar-refractivity contribution in [3.8, 4) is 0 Å². The summed E-state index contributed by atoms with van der Waals surface area (Å²) in [7, 11) is 0. The Morgan fingerprint density at radius 2 is 2.25 bits per heavy atom. The number of aromatic nitrogens is 1. The SMILES string of the molecule is CCC(NC(=O)C1CCCC(C(=O)O)C1)c1nccs1. The van der Waals surface area contributed by atoms with E-state index in [-0.39, 0.29) is 23.8 Å². The molecule has 0 saturated heterocycles. The highest BCUT2D eigenvalue weighted by Gasteiger charge is 2.32. The Balaban J connectivity index is 1.95. The number of rotatable bonds is 5. The minimum Gasteiger partial charge on any atom is -0.481 e. The maximum atomic E-state index is 12.3. The van der Waals surface area contributed by atoms with E-state index in [1.165, 1.54) is 11.3 Å². The first kappa shape index (κ1) is 15.0. The van der Waals surface area contributed by atoms with E-state index in [2.05, 4.69) is 10.3 Å². The van der Waals surface area contributed by atoms with Gasteiger partial charge in [-0.05, 0) is 25.7 Å². The molecule has 3 atom stereocenters. The summed E-state index contributed by atoms with van der Waals surface area (Å²) in [5.41, 5.74) is 0. The molecule has 2 rings (SSSR count). The van der Waals surface area contributed by atoms with Crippen LogP contribution in [0.3, 0.4) is 0 Å². The fourth-order valence-corrected chi connectivity index (χ4v) is 3.46. The second kappa shape index (κ2) is 6.83. The number of hydrogen-bond donors (Lipinski definition) is 2. The van der Waals surface area contributed by atoms with Gasteiger partial charge in [-0.1, -0.05) is 13.3 Å². The van der Waals surface area contributed by atoms with Gasteiger partial charge in [-0.25, -0.2) is 4.98 Å². The quantitative estimate of drug-likeness (QED) is 0.875. The van der Waals surface area contributed by atoms with Gasteiger partial charge in [0.25, 0.3) is 0 Å². The summed E-state index contributed by atoms with van der Waals surface area (Å²) in [6.07, 6.45) is 5.25. The van der Waals surface area contributed by atoms with Gasteiger partial charge in [0.05, 0.1) is 12.0 Å². The molecule has 1 amide bonds. The molecule has 3 unspecified atom stereocenters. The number of amides is 1. The Kier molecular flexibility index (Phi) is 5.11. The number of nitrogens with one attached hydrogen (secondary N) is 1. The minimum absolute atomic E-state index is 0.0296. The van der Waals surface area contributed by atoms with Crippen LogP contribution in [0.5, 0.6) is 0 Å². The van der Waals surface area contributed by atoms with E-state index in [1.807, 2.05) is 12.3 Å². The monoisotopic (exact) mass is 296 g/mol. The second-order valence-electron chi connectivity index (χ2n) is 5.24. The average Bonchev–Trinajstić information content (AvgIpc) is 2.98. The van der Waals surface area contributed by atoms with Crippen LogP contribution in [0.4, 0.5) is 0 Å². The summed E-state index contributed by atoms with van der Waals surface area (Å²) in [6, 6.07) is -0.0623. The average molecular weight is 296 g/mol. The molecule has 2 N–H and O–H groups in total. The number of carboxylic acid groups (broad SMARTS) is 1. The van der Waals surface area contributed by atoms with E-state index < -0.39 is 5.97 Å². The van der Waals surface area contributed by atoms with Gasteiger partial charge in [-0.3, -0.25) is 9.59 Å². The first-order valence-corrected chi connectivity index (χ1v) is 7.92. The third kappa shape index (κ3) is 3.56. The molecule has 1 aliphatic carbocycles. The smallest absolute Gasteiger partial charge is 0.306 e. The highest BCUT2D eigenvalue weighted by Crippen LogP contribution is 2.30. The van der Waals surface area contributed by atoms with Gasteiger partial charge in [0, 0.05) is 17.5 Å². The molecule has 0 radical (unpaired) electrons. The van der Waals surface area contributed by atoms with Crippen molar-refractivity contribution in [1.82, 2.24) is 10.3 Å². The molecule has 0 aliphatic heterocycles. The molecule has 1 fully saturated rings. The molecular weight excluding hydrogens is 276 g/mol. The van der Waals surface area contributed by atoms with E-state index in [0.717, 1.165) is 24.3 Å². The molecule has 1 aromatic heterocycles. The van der Waals surface area contributed by atoms with Crippen molar-refractivity contribution in [2.24, 2.45) is 11.8 Å². The topological polar surface area (TPSA) is 79.3 Å². The predicted octanol–water partition coefficient (Wildman–Crippen LogP) is 2.60. The molecule has 0 spiro atoms. The summed E-state index contributed by atoms with van der Waals surface area (Å²) >= 11 is 1.53. The molecule has 1 saturated carbocycles. The number of carbonyl (C=O) groups excluding carboxylic acids is 1. The third-order valence-corrected chi connectivity index (χ3v) is 4.76. The Bertz CT molecular complexity index is 461. The van der Waals surface area contributed by atoms with Gasteiger partial charge in [-0.15, -0.1) is 11.3 Å². The number of carboxylic acids is 1. The molecular formula is C14H20N2O3S. The van der Waals surface area contributed by atoms with Crippen LogP contribution >= 0.6 is 11.3 Å². The maximum absolute atomic E-state index is 12.3. The van der Waals surface area contributed by atoms with Crippen LogP contribution in [-0.2, 0) is 9.59 Å². The van der Waals surface area contributed by atoms with Crippen LogP contribution in [-0.4, -0.2) is 22.0 Å². The van der Waals surface area contributed by atoms with Crippen LogP contribution in [0.1, 0.15) is 50.1 Å². The van der Waals surface area contributed by atoms with Crippen LogP contribution in [0.15, 0.2) is 11.6 Å². The molecule has 5 nitrogen and oxygen atoms in total. The zero-order chi connectivity index (χ0) is 14.5. The van der Waals surface area contributed by atoms with E-state index >= 15 is 0 Å². The summed E-state index contributed by atoms with van der Waals surface area (Å²) in [6.45, 7) is 2.01. The van der Waals surface area contributed by atoms with E-state index in [9.17, 15) is 9.59 Å². The van der Waals surface area contributed by atoms with Crippen molar-refractivity contribution in [2.75, 3.05) is 0 Å². The zero-order valence-corrected chi connectivity index (χ0v) is 12.4. The van der Waals surface area contributed by atoms with Gasteiger partial charge in [0.15, 0.2) is 0 Å². The van der Waals surface area contributed by atoms with E-state index in [4.69, 9.17) is 5.11 Å². The van der Waals surface area contributed by atoms with Gasteiger partial charge in [-0.2, -0.15) is 0 Å². The number of hydrogen-bond acceptors (Lipinski definition) is 4. The highest BCUT2D eigenvalue weighted by molar-refractivity contribution is 7.09. The molecule has 1 aliphatic rings. The number of nitrogens with zero attached hydrogens (tertiary/aromatic N) is 1. The fraction of sp³-hybridized carbons (Fsp3) is 0.643. The molecule has 1 heterocycles. The molecule has 0 bridgehead atoms. The summed E-state index contributed by atoms with van der Waals surface area (Å²) < 4.78 is 0. The molecule has 20 heavy (non-hydrogen) atoms. The molecule has 1 aromatic rings. The van der Waals surface area contributed by atoms with Crippen LogP contribution < -0.4 is 5.32 Å². The Morgan fingerprint density at radius 3 is 2.85 bits per heavy atom. The zero-order valence-electron chi connectivity index (χ0n) is 11.5. The van der Waals surface area contributed by atoms with Gasteiger partial charge >= 0.3 is 5.97 Å². The number of carbonyl (C=O) groups is 2. The van der Waals surface area contributed by atoms with Crippen molar-refractivity contribution in [1.29, 1.82) is 0 Å². The first-order valence-electron chi connectivity index (χ1n) is 7.04. The third-order valence-electron chi connectivity index (χ3n) is 3.87. The second-order valence-corrected chi connectivity index (χ2v) is 6.16. The lowest BCUT2D eigenvalue weighted by Crippen LogP contribution is -2.37. The Morgan fingerprint density at radius 1 is 1.50 bits per heavy atom. The van der Waals surface area contributed by atoms with Crippen LogP contribution in [0.2, 0.25) is 0 Å². The standard InChI is InChI=1S/C14H20N2O3S/c1-2-11(13-15-6-7-20-13)16-12(17)9-4-3-5-10(8-9)14(18)19/h6-7,9-11H,2-5,8H2,1H3,(H,16,17)(H,18,19). The fourth-order valence-electron chi connectivity index (χ4n) is 2.69. The Labute approximate surface area is 122 Å². The lowest BCUT2D eigenvalue weighted by atomic mass is 9.81. The first-order chi connectivity index (χ1) is 9.61. The lowest BCUT2D eigenvalue weighted by molar-refractivity contribution is -0.144. The largest absolute Gasteiger partial charge is 0.481 e. The van der Waals surface area contributed by atoms with Gasteiger partial charge in [0.1, 0.15) is 5.01 Å². The van der Waals surface area contributed by atoms with Crippen molar-refractivity contribution in [2.45, 2.75) is 45.1 Å². The van der Waals surface area contributed by atoms with E-state index in [1.54, 1.807) is 6.20 Å². The van der Waals surface area contributed by atoms with Crippen LogP contribution in [0, 0.1) is 11.8 Å². The summed E-state index contributed by atoms with van der Waals surface area (Å²) in [4.78, 5) is 27.6. The van der Waals surface area contributed by atoms with Gasteiger partial charge < -0.3 is 10.4 Å². The summed E-state index contributed by atoms with van der Waals surface area (Å²) in [5.74, 6) is -1.37. The Hall–Kier alpha value is -1.43. The maximum Gasteiger partial charge on any atom is 0.306 e. The van der Waals surface area contributed by atoms with Crippen molar-refractivity contribution >= 4 is 23.2 Å². The lowest BCUT2D eigenvalue weighted by Gasteiger charge is -2.27. The van der Waals surface area contributed by atoms with Crippen molar-refractivity contribution in [3.05, 3.63) is 16.6 Å². The number of aliphatic carboxylic acids is 1. The number of thiazole rings is 1. The van der Waals surface area contributed by atoms with Crippen molar-refractivity contribution < 1.29 is 14.7 Å². The van der Waals surface area contributed by atoms with E-state index in [0.29, 0.717) is 12.8 Å². The minimum atomic E-state index is -0.783. The van der Waals surface area contributed by atoms with Crippen molar-refractivity contribution in [3.63, 3.8) is 0 Å².